The van der Waals surface area contributed by atoms with E-state index in [9.17, 15) is 19.5 Å². The molecule has 2 rings (SSSR count). The van der Waals surface area contributed by atoms with E-state index in [1.807, 2.05) is 0 Å². The van der Waals surface area contributed by atoms with Crippen LogP contribution in [0.1, 0.15) is 22.3 Å². The molecule has 0 saturated heterocycles. The van der Waals surface area contributed by atoms with Crippen LogP contribution in [0.2, 0.25) is 0 Å². The molecule has 0 unspecified atom stereocenters. The minimum absolute atomic E-state index is 0.0105. The summed E-state index contributed by atoms with van der Waals surface area (Å²) < 4.78 is 9.45. The normalized spacial score (nSPS) is 10.4. The van der Waals surface area contributed by atoms with Crippen molar-refractivity contribution >= 4 is 29.4 Å². The number of carbonyl (C=O) groups excluding carboxylic acids is 3. The molecule has 7 nitrogen and oxygen atoms in total. The number of anilines is 1. The molecule has 2 N–H and O–H groups in total. The molecule has 0 bridgehead atoms. The van der Waals surface area contributed by atoms with Crippen molar-refractivity contribution < 1.29 is 29.0 Å². The number of esters is 1. The smallest absolute Gasteiger partial charge is 0.315 e. The van der Waals surface area contributed by atoms with Gasteiger partial charge in [0, 0.05) is 11.3 Å². The van der Waals surface area contributed by atoms with Crippen LogP contribution in [-0.2, 0) is 14.3 Å². The van der Waals surface area contributed by atoms with Gasteiger partial charge in [-0.25, -0.2) is 0 Å². The van der Waals surface area contributed by atoms with Crippen LogP contribution >= 0.6 is 0 Å². The molecule has 0 aliphatic rings. The van der Waals surface area contributed by atoms with E-state index in [4.69, 9.17) is 4.74 Å². The van der Waals surface area contributed by atoms with Gasteiger partial charge in [0.2, 0.25) is 5.91 Å². The van der Waals surface area contributed by atoms with Crippen molar-refractivity contribution in [1.29, 1.82) is 0 Å². The van der Waals surface area contributed by atoms with Crippen molar-refractivity contribution in [3.63, 3.8) is 0 Å². The zero-order chi connectivity index (χ0) is 19.8. The predicted molar refractivity (Wildman–Crippen MR) is 99.7 cm³/mol. The number of phenols is 1. The highest BCUT2D eigenvalue weighted by Gasteiger charge is 2.10. The van der Waals surface area contributed by atoms with Gasteiger partial charge in [-0.2, -0.15) is 0 Å². The highest BCUT2D eigenvalue weighted by atomic mass is 16.5. The van der Waals surface area contributed by atoms with Gasteiger partial charge in [0.1, 0.15) is 6.42 Å². The fourth-order valence-electron chi connectivity index (χ4n) is 2.22. The first kappa shape index (κ1) is 19.7. The summed E-state index contributed by atoms with van der Waals surface area (Å²) in [5.41, 5.74) is 1.45. The average Bonchev–Trinajstić information content (AvgIpc) is 2.67. The minimum Gasteiger partial charge on any atom is -0.504 e. The van der Waals surface area contributed by atoms with E-state index in [-0.39, 0.29) is 11.5 Å². The van der Waals surface area contributed by atoms with Crippen LogP contribution in [0, 0.1) is 0 Å². The van der Waals surface area contributed by atoms with Gasteiger partial charge in [0.05, 0.1) is 14.2 Å². The second-order valence-corrected chi connectivity index (χ2v) is 5.51. The maximum atomic E-state index is 12.3. The molecule has 0 atom stereocenters. The third kappa shape index (κ3) is 5.71. The Morgan fingerprint density at radius 2 is 1.89 bits per heavy atom. The Bertz CT molecular complexity index is 888. The van der Waals surface area contributed by atoms with Crippen LogP contribution < -0.4 is 10.1 Å². The van der Waals surface area contributed by atoms with E-state index < -0.39 is 18.3 Å². The molecular weight excluding hydrogens is 350 g/mol. The molecule has 2 aromatic rings. The van der Waals surface area contributed by atoms with Crippen LogP contribution in [0.5, 0.6) is 11.5 Å². The molecule has 0 radical (unpaired) electrons. The number of ether oxygens (including phenoxy) is 2. The number of aromatic hydroxyl groups is 1. The standard InChI is InChI=1S/C20H19NO6/c1-26-18-10-13(7-9-17(18)23)6-8-16(22)14-4-3-5-15(11-14)21-19(24)12-20(25)27-2/h3-11,23H,12H2,1-2H3,(H,21,24)/b8-6+. The van der Waals surface area contributed by atoms with Gasteiger partial charge in [0.15, 0.2) is 17.3 Å². The van der Waals surface area contributed by atoms with Crippen molar-refractivity contribution in [2.45, 2.75) is 6.42 Å². The number of amides is 1. The molecule has 0 heterocycles. The second kappa shape index (κ2) is 9.19. The van der Waals surface area contributed by atoms with E-state index in [1.165, 1.54) is 32.4 Å². The SMILES string of the molecule is COC(=O)CC(=O)Nc1cccc(C(=O)/C=C/c2ccc(O)c(OC)c2)c1. The van der Waals surface area contributed by atoms with Crippen LogP contribution in [-0.4, -0.2) is 37.0 Å². The summed E-state index contributed by atoms with van der Waals surface area (Å²) in [5, 5.41) is 12.1. The molecule has 0 aromatic heterocycles. The Hall–Kier alpha value is -3.61. The number of rotatable bonds is 7. The number of allylic oxidation sites excluding steroid dienone is 1. The second-order valence-electron chi connectivity index (χ2n) is 5.51. The summed E-state index contributed by atoms with van der Waals surface area (Å²) >= 11 is 0. The Morgan fingerprint density at radius 3 is 2.59 bits per heavy atom. The van der Waals surface area contributed by atoms with E-state index in [0.717, 1.165) is 0 Å². The summed E-state index contributed by atoms with van der Waals surface area (Å²) in [5.74, 6) is -1.13. The lowest BCUT2D eigenvalue weighted by atomic mass is 10.1. The molecule has 0 aliphatic carbocycles. The third-order valence-electron chi connectivity index (χ3n) is 3.59. The molecule has 0 aliphatic heterocycles. The van der Waals surface area contributed by atoms with Gasteiger partial charge in [-0.3, -0.25) is 14.4 Å². The van der Waals surface area contributed by atoms with Crippen molar-refractivity contribution in [3.05, 3.63) is 59.7 Å². The summed E-state index contributed by atoms with van der Waals surface area (Å²) in [4.78, 5) is 35.2. The zero-order valence-electron chi connectivity index (χ0n) is 14.9. The quantitative estimate of drug-likeness (QED) is 0.337. The maximum absolute atomic E-state index is 12.3. The van der Waals surface area contributed by atoms with E-state index >= 15 is 0 Å². The van der Waals surface area contributed by atoms with Crippen molar-refractivity contribution in [2.24, 2.45) is 0 Å². The maximum Gasteiger partial charge on any atom is 0.315 e. The molecule has 1 amide bonds. The molecule has 27 heavy (non-hydrogen) atoms. The van der Waals surface area contributed by atoms with Gasteiger partial charge in [-0.15, -0.1) is 0 Å². The largest absolute Gasteiger partial charge is 0.504 e. The number of nitrogens with one attached hydrogen (secondary N) is 1. The number of benzene rings is 2. The van der Waals surface area contributed by atoms with Crippen molar-refractivity contribution in [1.82, 2.24) is 0 Å². The summed E-state index contributed by atoms with van der Waals surface area (Å²) in [6.07, 6.45) is 2.56. The number of methoxy groups -OCH3 is 2. The Balaban J connectivity index is 2.08. The molecule has 7 heteroatoms. The van der Waals surface area contributed by atoms with E-state index in [1.54, 1.807) is 36.4 Å². The number of phenolic OH excluding ortho intramolecular Hbond substituents is 1. The minimum atomic E-state index is -0.646. The Kier molecular flexibility index (Phi) is 6.71. The highest BCUT2D eigenvalue weighted by Crippen LogP contribution is 2.26. The Labute approximate surface area is 156 Å². The van der Waals surface area contributed by atoms with Gasteiger partial charge in [-0.05, 0) is 35.9 Å². The first-order valence-corrected chi connectivity index (χ1v) is 7.99. The molecule has 140 valence electrons. The molecule has 0 spiro atoms. The highest BCUT2D eigenvalue weighted by molar-refractivity contribution is 6.08. The van der Waals surface area contributed by atoms with Crippen molar-refractivity contribution in [3.8, 4) is 11.5 Å². The zero-order valence-corrected chi connectivity index (χ0v) is 14.9. The molecule has 0 saturated carbocycles. The van der Waals surface area contributed by atoms with Gasteiger partial charge in [0.25, 0.3) is 0 Å². The van der Waals surface area contributed by atoms with E-state index in [2.05, 4.69) is 10.1 Å². The van der Waals surface area contributed by atoms with Gasteiger partial charge in [-0.1, -0.05) is 24.3 Å². The number of hydrogen-bond donors (Lipinski definition) is 2. The first-order chi connectivity index (χ1) is 12.9. The number of hydrogen-bond acceptors (Lipinski definition) is 6. The predicted octanol–water partition coefficient (Wildman–Crippen LogP) is 2.80. The Morgan fingerprint density at radius 1 is 1.11 bits per heavy atom. The first-order valence-electron chi connectivity index (χ1n) is 7.99. The fourth-order valence-corrected chi connectivity index (χ4v) is 2.22. The number of carbonyl (C=O) groups is 3. The average molecular weight is 369 g/mol. The molecular formula is C20H19NO6. The van der Waals surface area contributed by atoms with Crippen LogP contribution in [0.25, 0.3) is 6.08 Å². The topological polar surface area (TPSA) is 102 Å². The lowest BCUT2D eigenvalue weighted by Crippen LogP contribution is -2.17. The van der Waals surface area contributed by atoms with E-state index in [0.29, 0.717) is 22.6 Å². The molecule has 0 fully saturated rings. The lowest BCUT2D eigenvalue weighted by molar-refractivity contribution is -0.142. The van der Waals surface area contributed by atoms with Crippen LogP contribution in [0.4, 0.5) is 5.69 Å². The van der Waals surface area contributed by atoms with Gasteiger partial charge >= 0.3 is 5.97 Å². The summed E-state index contributed by atoms with van der Waals surface area (Å²) in [7, 11) is 2.64. The van der Waals surface area contributed by atoms with Crippen LogP contribution in [0.3, 0.4) is 0 Å². The third-order valence-corrected chi connectivity index (χ3v) is 3.59. The van der Waals surface area contributed by atoms with Crippen molar-refractivity contribution in [2.75, 3.05) is 19.5 Å². The monoisotopic (exact) mass is 369 g/mol. The van der Waals surface area contributed by atoms with Gasteiger partial charge < -0.3 is 19.9 Å². The summed E-state index contributed by atoms with van der Waals surface area (Å²) in [6.45, 7) is 0. The lowest BCUT2D eigenvalue weighted by Gasteiger charge is -2.06. The molecule has 2 aromatic carbocycles. The van der Waals surface area contributed by atoms with Crippen LogP contribution in [0.15, 0.2) is 48.5 Å². The summed E-state index contributed by atoms with van der Waals surface area (Å²) in [6, 6.07) is 11.1. The fraction of sp³-hybridized carbons (Fsp3) is 0.150. The number of ketones is 1.